The van der Waals surface area contributed by atoms with E-state index in [-0.39, 0.29) is 23.2 Å². The highest BCUT2D eigenvalue weighted by molar-refractivity contribution is 7.99. The molecule has 1 aromatic carbocycles. The summed E-state index contributed by atoms with van der Waals surface area (Å²) in [6, 6.07) is 7.72. The molecule has 1 heterocycles. The van der Waals surface area contributed by atoms with Gasteiger partial charge in [0, 0.05) is 11.2 Å². The summed E-state index contributed by atoms with van der Waals surface area (Å²) in [5.74, 6) is 2.78. The Morgan fingerprint density at radius 3 is 2.26 bits per heavy atom. The number of amides is 3. The Kier molecular flexibility index (Phi) is 5.28. The molecule has 1 aromatic heterocycles. The predicted molar refractivity (Wildman–Crippen MR) is 119 cm³/mol. The monoisotopic (exact) mass is 439 g/mol. The summed E-state index contributed by atoms with van der Waals surface area (Å²) in [5.41, 5.74) is 2.03. The van der Waals surface area contributed by atoms with E-state index in [4.69, 9.17) is 0 Å². The zero-order chi connectivity index (χ0) is 21.6. The van der Waals surface area contributed by atoms with Crippen molar-refractivity contribution in [3.05, 3.63) is 35.7 Å². The van der Waals surface area contributed by atoms with Crippen LogP contribution in [0.5, 0.6) is 0 Å². The summed E-state index contributed by atoms with van der Waals surface area (Å²) in [7, 11) is 0. The Morgan fingerprint density at radius 1 is 1.03 bits per heavy atom. The molecule has 0 radical (unpaired) electrons. The van der Waals surface area contributed by atoms with Crippen LogP contribution in [0.15, 0.2) is 29.4 Å². The summed E-state index contributed by atoms with van der Waals surface area (Å²) in [5, 5.41) is 14.7. The molecule has 164 valence electrons. The van der Waals surface area contributed by atoms with Gasteiger partial charge >= 0.3 is 6.03 Å². The first-order valence-electron chi connectivity index (χ1n) is 11.1. The van der Waals surface area contributed by atoms with Crippen LogP contribution in [0.2, 0.25) is 0 Å². The van der Waals surface area contributed by atoms with Crippen LogP contribution in [0.25, 0.3) is 5.69 Å². The first-order chi connectivity index (χ1) is 14.9. The van der Waals surface area contributed by atoms with Crippen LogP contribution in [0.4, 0.5) is 4.79 Å². The van der Waals surface area contributed by atoms with Gasteiger partial charge in [0.25, 0.3) is 0 Å². The molecule has 0 unspecified atom stereocenters. The summed E-state index contributed by atoms with van der Waals surface area (Å²) in [6.45, 7) is 3.92. The maximum atomic E-state index is 12.6. The molecule has 0 saturated heterocycles. The van der Waals surface area contributed by atoms with Crippen molar-refractivity contribution in [1.82, 2.24) is 25.4 Å². The fraction of sp³-hybridized carbons (Fsp3) is 0.565. The SMILES string of the molecule is Cc1ccc(-n2c(C)nnc2SCC(=O)NC(=O)NC23CC4CC(CC(C4)C2)C3)cc1. The normalized spacial score (nSPS) is 28.5. The quantitative estimate of drug-likeness (QED) is 0.693. The first kappa shape index (κ1) is 20.5. The lowest BCUT2D eigenvalue weighted by Crippen LogP contribution is -2.61. The highest BCUT2D eigenvalue weighted by Crippen LogP contribution is 2.55. The van der Waals surface area contributed by atoms with E-state index in [0.29, 0.717) is 5.16 Å². The van der Waals surface area contributed by atoms with Gasteiger partial charge in [-0.3, -0.25) is 14.7 Å². The van der Waals surface area contributed by atoms with E-state index in [2.05, 4.69) is 20.8 Å². The third-order valence-corrected chi connectivity index (χ3v) is 8.02. The number of benzene rings is 1. The standard InChI is InChI=1S/C23H29N5O2S/c1-14-3-5-19(6-4-14)28-15(2)26-27-22(28)31-13-20(29)24-21(30)25-23-10-16-7-17(11-23)9-18(8-16)12-23/h3-6,16-18H,7-13H2,1-2H3,(H2,24,25,29,30). The summed E-state index contributed by atoms with van der Waals surface area (Å²) in [4.78, 5) is 25.0. The number of imide groups is 1. The maximum Gasteiger partial charge on any atom is 0.321 e. The second kappa shape index (κ2) is 7.97. The van der Waals surface area contributed by atoms with Crippen LogP contribution in [-0.2, 0) is 4.79 Å². The minimum absolute atomic E-state index is 0.102. The number of hydrogen-bond acceptors (Lipinski definition) is 5. The van der Waals surface area contributed by atoms with E-state index in [1.807, 2.05) is 42.7 Å². The fourth-order valence-corrected chi connectivity index (χ4v) is 7.05. The van der Waals surface area contributed by atoms with Gasteiger partial charge in [-0.1, -0.05) is 29.5 Å². The van der Waals surface area contributed by atoms with Gasteiger partial charge in [-0.2, -0.15) is 0 Å². The molecule has 8 heteroatoms. The lowest BCUT2D eigenvalue weighted by atomic mass is 9.53. The number of urea groups is 1. The maximum absolute atomic E-state index is 12.6. The molecule has 4 aliphatic carbocycles. The van der Waals surface area contributed by atoms with Crippen molar-refractivity contribution in [2.75, 3.05) is 5.75 Å². The van der Waals surface area contributed by atoms with E-state index in [0.717, 1.165) is 48.5 Å². The van der Waals surface area contributed by atoms with Gasteiger partial charge < -0.3 is 5.32 Å². The number of carbonyl (C=O) groups excluding carboxylic acids is 2. The van der Waals surface area contributed by atoms with Crippen LogP contribution in [0, 0.1) is 31.6 Å². The minimum atomic E-state index is -0.358. The number of hydrogen-bond donors (Lipinski definition) is 2. The fourth-order valence-electron chi connectivity index (χ4n) is 6.26. The van der Waals surface area contributed by atoms with Crippen LogP contribution in [0.3, 0.4) is 0 Å². The van der Waals surface area contributed by atoms with E-state index in [1.54, 1.807) is 0 Å². The van der Waals surface area contributed by atoms with Crippen LogP contribution < -0.4 is 10.6 Å². The first-order valence-corrected chi connectivity index (χ1v) is 12.1. The third kappa shape index (κ3) is 4.22. The number of aromatic nitrogens is 3. The van der Waals surface area contributed by atoms with Gasteiger partial charge in [-0.05, 0) is 82.3 Å². The van der Waals surface area contributed by atoms with Gasteiger partial charge in [-0.15, -0.1) is 10.2 Å². The molecular formula is C23H29N5O2S. The van der Waals surface area contributed by atoms with Gasteiger partial charge in [0.2, 0.25) is 5.91 Å². The molecule has 0 aliphatic heterocycles. The number of carbonyl (C=O) groups is 2. The molecule has 7 nitrogen and oxygen atoms in total. The Hall–Kier alpha value is -2.35. The molecule has 4 aliphatic rings. The molecule has 31 heavy (non-hydrogen) atoms. The topological polar surface area (TPSA) is 88.9 Å². The second-order valence-electron chi connectivity index (χ2n) is 9.69. The van der Waals surface area contributed by atoms with Gasteiger partial charge in [0.15, 0.2) is 5.16 Å². The number of rotatable bonds is 5. The third-order valence-electron chi connectivity index (χ3n) is 7.09. The number of nitrogens with one attached hydrogen (secondary N) is 2. The van der Waals surface area contributed by atoms with Gasteiger partial charge in [0.1, 0.15) is 5.82 Å². The lowest BCUT2D eigenvalue weighted by molar-refractivity contribution is -0.117. The number of nitrogens with zero attached hydrogens (tertiary/aromatic N) is 3. The molecule has 0 atom stereocenters. The molecular weight excluding hydrogens is 410 g/mol. The highest BCUT2D eigenvalue weighted by atomic mass is 32.2. The minimum Gasteiger partial charge on any atom is -0.332 e. The Balaban J connectivity index is 1.18. The zero-order valence-corrected chi connectivity index (χ0v) is 18.9. The van der Waals surface area contributed by atoms with Crippen molar-refractivity contribution >= 4 is 23.7 Å². The van der Waals surface area contributed by atoms with Crippen molar-refractivity contribution < 1.29 is 9.59 Å². The number of aryl methyl sites for hydroxylation is 2. The average molecular weight is 440 g/mol. The molecule has 6 rings (SSSR count). The summed E-state index contributed by atoms with van der Waals surface area (Å²) in [6.07, 6.45) is 7.15. The van der Waals surface area contributed by atoms with Crippen LogP contribution in [-0.4, -0.2) is 38.0 Å². The van der Waals surface area contributed by atoms with Crippen molar-refractivity contribution in [1.29, 1.82) is 0 Å². The molecule has 4 saturated carbocycles. The van der Waals surface area contributed by atoms with Crippen molar-refractivity contribution in [3.63, 3.8) is 0 Å². The van der Waals surface area contributed by atoms with Crippen molar-refractivity contribution in [2.24, 2.45) is 17.8 Å². The average Bonchev–Trinajstić information content (AvgIpc) is 3.06. The molecule has 3 amide bonds. The zero-order valence-electron chi connectivity index (χ0n) is 18.1. The molecule has 2 N–H and O–H groups in total. The van der Waals surface area contributed by atoms with E-state index in [9.17, 15) is 9.59 Å². The van der Waals surface area contributed by atoms with Gasteiger partial charge in [0.05, 0.1) is 5.75 Å². The molecule has 4 bridgehead atoms. The van der Waals surface area contributed by atoms with Crippen molar-refractivity contribution in [2.45, 2.75) is 63.1 Å². The Morgan fingerprint density at radius 2 is 1.65 bits per heavy atom. The summed E-state index contributed by atoms with van der Waals surface area (Å²) >= 11 is 1.28. The largest absolute Gasteiger partial charge is 0.332 e. The van der Waals surface area contributed by atoms with Crippen molar-refractivity contribution in [3.8, 4) is 5.69 Å². The van der Waals surface area contributed by atoms with E-state index >= 15 is 0 Å². The lowest BCUT2D eigenvalue weighted by Gasteiger charge is -2.56. The Bertz CT molecular complexity index is 965. The van der Waals surface area contributed by atoms with E-state index in [1.165, 1.54) is 36.6 Å². The van der Waals surface area contributed by atoms with Crippen LogP contribution in [0.1, 0.15) is 49.9 Å². The highest BCUT2D eigenvalue weighted by Gasteiger charge is 2.51. The smallest absolute Gasteiger partial charge is 0.321 e. The molecule has 2 aromatic rings. The summed E-state index contributed by atoms with van der Waals surface area (Å²) < 4.78 is 1.92. The molecule has 4 fully saturated rings. The van der Waals surface area contributed by atoms with Crippen LogP contribution >= 0.6 is 11.8 Å². The Labute approximate surface area is 186 Å². The predicted octanol–water partition coefficient (Wildman–Crippen LogP) is 3.77. The molecule has 0 spiro atoms. The van der Waals surface area contributed by atoms with E-state index < -0.39 is 0 Å². The number of thioether (sulfide) groups is 1. The van der Waals surface area contributed by atoms with Gasteiger partial charge in [-0.25, -0.2) is 4.79 Å². The second-order valence-corrected chi connectivity index (χ2v) is 10.6.